The van der Waals surface area contributed by atoms with E-state index in [1.165, 1.54) is 22.3 Å². The van der Waals surface area contributed by atoms with Crippen molar-refractivity contribution in [1.29, 1.82) is 0 Å². The second-order valence-corrected chi connectivity index (χ2v) is 5.23. The van der Waals surface area contributed by atoms with Gasteiger partial charge in [0.15, 0.2) is 0 Å². The number of hydrogen-bond donors (Lipinski definition) is 2. The quantitative estimate of drug-likeness (QED) is 0.783. The summed E-state index contributed by atoms with van der Waals surface area (Å²) in [5.74, 6) is 0. The molecule has 0 bridgehead atoms. The fraction of sp³-hybridized carbons (Fsp3) is 0.176. The zero-order valence-corrected chi connectivity index (χ0v) is 11.7. The van der Waals surface area contributed by atoms with Crippen molar-refractivity contribution in [2.45, 2.75) is 11.3 Å². The zero-order chi connectivity index (χ0) is 13.1. The van der Waals surface area contributed by atoms with E-state index in [1.807, 2.05) is 12.1 Å². The van der Waals surface area contributed by atoms with Crippen molar-refractivity contribution in [1.82, 2.24) is 5.32 Å². The van der Waals surface area contributed by atoms with Crippen molar-refractivity contribution in [2.24, 2.45) is 0 Å². The third-order valence-corrected chi connectivity index (χ3v) is 3.92. The van der Waals surface area contributed by atoms with Gasteiger partial charge in [0.05, 0.1) is 0 Å². The van der Waals surface area contributed by atoms with Crippen molar-refractivity contribution in [3.05, 3.63) is 60.2 Å². The molecule has 1 aliphatic heterocycles. The minimum absolute atomic E-state index is 0.964. The predicted octanol–water partition coefficient (Wildman–Crippen LogP) is 4.02. The Bertz CT molecular complexity index is 616. The van der Waals surface area contributed by atoms with Crippen LogP contribution >= 0.6 is 12.6 Å². The molecule has 1 aliphatic rings. The minimum Gasteiger partial charge on any atom is -0.313 e. The van der Waals surface area contributed by atoms with Crippen LogP contribution in [0.2, 0.25) is 0 Å². The molecule has 1 heterocycles. The highest BCUT2D eigenvalue weighted by Crippen LogP contribution is 2.34. The fourth-order valence-corrected chi connectivity index (χ4v) is 2.85. The highest BCUT2D eigenvalue weighted by molar-refractivity contribution is 7.80. The molecule has 0 amide bonds. The maximum Gasteiger partial charge on any atom is 0.0140 e. The number of rotatable bonds is 2. The molecule has 0 saturated heterocycles. The summed E-state index contributed by atoms with van der Waals surface area (Å²) in [5, 5.41) is 3.36. The van der Waals surface area contributed by atoms with Gasteiger partial charge in [-0.15, -0.1) is 12.6 Å². The highest BCUT2D eigenvalue weighted by atomic mass is 32.1. The van der Waals surface area contributed by atoms with Gasteiger partial charge < -0.3 is 5.32 Å². The van der Waals surface area contributed by atoms with Crippen LogP contribution in [0.25, 0.3) is 16.7 Å². The Morgan fingerprint density at radius 3 is 2.21 bits per heavy atom. The Hall–Kier alpha value is -1.51. The fourth-order valence-electron chi connectivity index (χ4n) is 2.57. The van der Waals surface area contributed by atoms with Crippen LogP contribution in [-0.2, 0) is 0 Å². The Morgan fingerprint density at radius 1 is 0.842 bits per heavy atom. The first-order chi connectivity index (χ1) is 9.36. The molecule has 0 spiro atoms. The molecular formula is C17H17NS. The molecule has 0 saturated carbocycles. The summed E-state index contributed by atoms with van der Waals surface area (Å²) in [6.07, 6.45) is 3.38. The monoisotopic (exact) mass is 267 g/mol. The summed E-state index contributed by atoms with van der Waals surface area (Å²) in [7, 11) is 0. The molecule has 0 fully saturated rings. The average molecular weight is 267 g/mol. The maximum absolute atomic E-state index is 4.59. The summed E-state index contributed by atoms with van der Waals surface area (Å²) in [6, 6.07) is 16.9. The highest BCUT2D eigenvalue weighted by Gasteiger charge is 2.12. The lowest BCUT2D eigenvalue weighted by atomic mass is 9.92. The number of benzene rings is 2. The van der Waals surface area contributed by atoms with Crippen LogP contribution in [0, 0.1) is 0 Å². The van der Waals surface area contributed by atoms with Crippen LogP contribution in [0.3, 0.4) is 0 Å². The van der Waals surface area contributed by atoms with E-state index < -0.39 is 0 Å². The number of thiol groups is 1. The summed E-state index contributed by atoms with van der Waals surface area (Å²) in [4.78, 5) is 1.03. The van der Waals surface area contributed by atoms with Crippen molar-refractivity contribution in [2.75, 3.05) is 13.1 Å². The molecule has 2 heteroatoms. The van der Waals surface area contributed by atoms with Crippen molar-refractivity contribution >= 4 is 18.2 Å². The van der Waals surface area contributed by atoms with Gasteiger partial charge in [0.2, 0.25) is 0 Å². The molecule has 0 atom stereocenters. The van der Waals surface area contributed by atoms with E-state index in [0.29, 0.717) is 0 Å². The lowest BCUT2D eigenvalue weighted by molar-refractivity contribution is 0.739. The minimum atomic E-state index is 0.964. The van der Waals surface area contributed by atoms with Crippen molar-refractivity contribution in [3.63, 3.8) is 0 Å². The van der Waals surface area contributed by atoms with Gasteiger partial charge in [-0.1, -0.05) is 48.5 Å². The first-order valence-corrected chi connectivity index (χ1v) is 7.08. The van der Waals surface area contributed by atoms with Crippen LogP contribution in [0.5, 0.6) is 0 Å². The van der Waals surface area contributed by atoms with E-state index in [-0.39, 0.29) is 0 Å². The van der Waals surface area contributed by atoms with Gasteiger partial charge in [-0.2, -0.15) is 0 Å². The third kappa shape index (κ3) is 2.60. The van der Waals surface area contributed by atoms with Gasteiger partial charge in [-0.05, 0) is 41.3 Å². The van der Waals surface area contributed by atoms with E-state index in [4.69, 9.17) is 0 Å². The third-order valence-electron chi connectivity index (χ3n) is 3.53. The van der Waals surface area contributed by atoms with E-state index in [1.54, 1.807) is 0 Å². The van der Waals surface area contributed by atoms with Gasteiger partial charge in [0.1, 0.15) is 0 Å². The Kier molecular flexibility index (Phi) is 3.72. The second kappa shape index (κ2) is 5.64. The standard InChI is InChI=1S/C17H17NS/c19-17-8-4-3-7-16(17)15-6-2-1-5-14(15)13-9-11-18-12-10-13/h1-9,18-19H,10-12H2. The summed E-state index contributed by atoms with van der Waals surface area (Å²) in [6.45, 7) is 2.02. The van der Waals surface area contributed by atoms with Gasteiger partial charge in [-0.25, -0.2) is 0 Å². The topological polar surface area (TPSA) is 12.0 Å². The summed E-state index contributed by atoms with van der Waals surface area (Å²) < 4.78 is 0. The smallest absolute Gasteiger partial charge is 0.0140 e. The summed E-state index contributed by atoms with van der Waals surface area (Å²) >= 11 is 4.59. The van der Waals surface area contributed by atoms with E-state index >= 15 is 0 Å². The molecule has 19 heavy (non-hydrogen) atoms. The lowest BCUT2D eigenvalue weighted by Crippen LogP contribution is -2.20. The van der Waals surface area contributed by atoms with E-state index in [9.17, 15) is 0 Å². The Balaban J connectivity index is 2.12. The molecular weight excluding hydrogens is 250 g/mol. The largest absolute Gasteiger partial charge is 0.313 e. The van der Waals surface area contributed by atoms with Gasteiger partial charge in [-0.3, -0.25) is 0 Å². The number of nitrogens with one attached hydrogen (secondary N) is 1. The number of hydrogen-bond acceptors (Lipinski definition) is 2. The van der Waals surface area contributed by atoms with Crippen LogP contribution in [0.1, 0.15) is 12.0 Å². The predicted molar refractivity (Wildman–Crippen MR) is 84.6 cm³/mol. The average Bonchev–Trinajstić information content (AvgIpc) is 2.49. The molecule has 0 radical (unpaired) electrons. The van der Waals surface area contributed by atoms with E-state index in [2.05, 4.69) is 60.4 Å². The Morgan fingerprint density at radius 2 is 1.53 bits per heavy atom. The molecule has 3 rings (SSSR count). The maximum atomic E-state index is 4.59. The molecule has 2 aromatic carbocycles. The molecule has 2 aromatic rings. The van der Waals surface area contributed by atoms with Crippen LogP contribution in [0.4, 0.5) is 0 Å². The normalized spacial score (nSPS) is 15.1. The summed E-state index contributed by atoms with van der Waals surface area (Å²) in [5.41, 5.74) is 5.26. The van der Waals surface area contributed by atoms with Crippen LogP contribution in [0.15, 0.2) is 59.5 Å². The van der Waals surface area contributed by atoms with E-state index in [0.717, 1.165) is 24.4 Å². The lowest BCUT2D eigenvalue weighted by Gasteiger charge is -2.18. The molecule has 0 aliphatic carbocycles. The van der Waals surface area contributed by atoms with Crippen LogP contribution < -0.4 is 5.32 Å². The van der Waals surface area contributed by atoms with Crippen molar-refractivity contribution < 1.29 is 0 Å². The molecule has 96 valence electrons. The first kappa shape index (κ1) is 12.5. The molecule has 1 nitrogen and oxygen atoms in total. The second-order valence-electron chi connectivity index (χ2n) is 4.75. The molecule has 1 N–H and O–H groups in total. The van der Waals surface area contributed by atoms with Gasteiger partial charge in [0, 0.05) is 11.4 Å². The molecule has 0 unspecified atom stereocenters. The zero-order valence-electron chi connectivity index (χ0n) is 10.8. The van der Waals surface area contributed by atoms with Crippen LogP contribution in [-0.4, -0.2) is 13.1 Å². The van der Waals surface area contributed by atoms with Gasteiger partial charge >= 0.3 is 0 Å². The SMILES string of the molecule is Sc1ccccc1-c1ccccc1C1=CCNCC1. The van der Waals surface area contributed by atoms with Crippen molar-refractivity contribution in [3.8, 4) is 11.1 Å². The first-order valence-electron chi connectivity index (χ1n) is 6.64. The van der Waals surface area contributed by atoms with Gasteiger partial charge in [0.25, 0.3) is 0 Å². The Labute approximate surface area is 119 Å². The molecule has 0 aromatic heterocycles.